The highest BCUT2D eigenvalue weighted by Crippen LogP contribution is 2.28. The molecule has 2 heteroatoms. The molecule has 1 heterocycles. The molecule has 0 N–H and O–H groups in total. The zero-order valence-corrected chi connectivity index (χ0v) is 9.50. The van der Waals surface area contributed by atoms with Crippen molar-refractivity contribution in [2.75, 3.05) is 0 Å². The fraction of sp³-hybridized carbons (Fsp3) is 0.583. The summed E-state index contributed by atoms with van der Waals surface area (Å²) in [5.41, 5.74) is 1.12. The van der Waals surface area contributed by atoms with Gasteiger partial charge in [-0.3, -0.25) is 0 Å². The molecule has 1 aromatic rings. The zero-order chi connectivity index (χ0) is 10.6. The highest BCUT2D eigenvalue weighted by atomic mass is 16.4. The van der Waals surface area contributed by atoms with Crippen molar-refractivity contribution in [1.29, 1.82) is 0 Å². The minimum Gasteiger partial charge on any atom is -0.441 e. The third-order valence-corrected chi connectivity index (χ3v) is 2.01. The van der Waals surface area contributed by atoms with Crippen LogP contribution in [0.1, 0.15) is 56.9 Å². The largest absolute Gasteiger partial charge is 0.441 e. The van der Waals surface area contributed by atoms with Crippen molar-refractivity contribution in [3.8, 4) is 0 Å². The number of allylic oxidation sites excluding steroid dienone is 1. The summed E-state index contributed by atoms with van der Waals surface area (Å²) in [4.78, 5) is 4.31. The molecule has 78 valence electrons. The number of rotatable bonds is 0. The summed E-state index contributed by atoms with van der Waals surface area (Å²) in [7, 11) is 0. The second kappa shape index (κ2) is 4.99. The average Bonchev–Trinajstić information content (AvgIpc) is 2.48. The van der Waals surface area contributed by atoms with Crippen molar-refractivity contribution in [2.45, 2.75) is 46.5 Å². The van der Waals surface area contributed by atoms with E-state index in [4.69, 9.17) is 4.42 Å². The monoisotopic (exact) mass is 193 g/mol. The lowest BCUT2D eigenvalue weighted by Crippen LogP contribution is -1.97. The minimum absolute atomic E-state index is 0.521. The summed E-state index contributed by atoms with van der Waals surface area (Å²) >= 11 is 0. The molecule has 0 saturated heterocycles. The molecule has 1 unspecified atom stereocenters. The summed E-state index contributed by atoms with van der Waals surface area (Å²) in [6.45, 7) is 8.31. The highest BCUT2D eigenvalue weighted by molar-refractivity contribution is 5.49. The first-order valence-corrected chi connectivity index (χ1v) is 5.32. The minimum atomic E-state index is 0.521. The van der Waals surface area contributed by atoms with Crippen LogP contribution in [-0.4, -0.2) is 4.98 Å². The van der Waals surface area contributed by atoms with E-state index in [1.54, 1.807) is 0 Å². The second-order valence-corrected chi connectivity index (χ2v) is 3.73. The molecule has 2 rings (SSSR count). The maximum absolute atomic E-state index is 5.38. The molecule has 1 aliphatic rings. The van der Waals surface area contributed by atoms with Crippen LogP contribution in [0, 0.1) is 6.92 Å². The quantitative estimate of drug-likeness (QED) is 0.624. The van der Waals surface area contributed by atoms with E-state index in [9.17, 15) is 0 Å². The summed E-state index contributed by atoms with van der Waals surface area (Å²) in [5.74, 6) is 2.24. The third kappa shape index (κ3) is 2.47. The Morgan fingerprint density at radius 1 is 1.50 bits per heavy atom. The number of fused-ring (bicyclic) bond motifs is 1. The third-order valence-electron chi connectivity index (χ3n) is 2.01. The SMILES string of the molecule is CCC.Cc1nc2c(o1)C=CCC2C. The van der Waals surface area contributed by atoms with Crippen LogP contribution < -0.4 is 0 Å². The molecule has 14 heavy (non-hydrogen) atoms. The van der Waals surface area contributed by atoms with Gasteiger partial charge in [0.1, 0.15) is 0 Å². The Hall–Kier alpha value is -1.05. The fourth-order valence-corrected chi connectivity index (χ4v) is 1.42. The zero-order valence-electron chi connectivity index (χ0n) is 9.50. The van der Waals surface area contributed by atoms with Crippen molar-refractivity contribution < 1.29 is 4.42 Å². The molecule has 0 bridgehead atoms. The lowest BCUT2D eigenvalue weighted by atomic mass is 9.98. The standard InChI is InChI=1S/C9H11NO.C3H8/c1-6-4-3-5-8-9(6)10-7(2)11-8;1-3-2/h3,5-6H,4H2,1-2H3;3H2,1-2H3. The number of aromatic nitrogens is 1. The van der Waals surface area contributed by atoms with Gasteiger partial charge >= 0.3 is 0 Å². The molecule has 1 atom stereocenters. The van der Waals surface area contributed by atoms with Gasteiger partial charge in [-0.15, -0.1) is 0 Å². The number of oxazole rings is 1. The molecule has 1 aromatic heterocycles. The van der Waals surface area contributed by atoms with E-state index in [-0.39, 0.29) is 0 Å². The molecular formula is C12H19NO. The van der Waals surface area contributed by atoms with Crippen LogP contribution in [0.2, 0.25) is 0 Å². The predicted octanol–water partition coefficient (Wildman–Crippen LogP) is 3.92. The Balaban J connectivity index is 0.000000293. The fourth-order valence-electron chi connectivity index (χ4n) is 1.42. The number of nitrogens with zero attached hydrogens (tertiary/aromatic N) is 1. The van der Waals surface area contributed by atoms with Crippen LogP contribution in [0.5, 0.6) is 0 Å². The lowest BCUT2D eigenvalue weighted by Gasteiger charge is -2.08. The van der Waals surface area contributed by atoms with E-state index < -0.39 is 0 Å². The highest BCUT2D eigenvalue weighted by Gasteiger charge is 2.17. The molecule has 0 radical (unpaired) electrons. The number of hydrogen-bond acceptors (Lipinski definition) is 2. The summed E-state index contributed by atoms with van der Waals surface area (Å²) in [5, 5.41) is 0. The molecule has 0 amide bonds. The Morgan fingerprint density at radius 3 is 2.71 bits per heavy atom. The van der Waals surface area contributed by atoms with E-state index in [1.807, 2.05) is 13.0 Å². The molecule has 1 aliphatic carbocycles. The molecule has 2 nitrogen and oxygen atoms in total. The van der Waals surface area contributed by atoms with E-state index in [1.165, 1.54) is 6.42 Å². The average molecular weight is 193 g/mol. The van der Waals surface area contributed by atoms with Gasteiger partial charge in [-0.05, 0) is 12.5 Å². The predicted molar refractivity (Wildman–Crippen MR) is 59.3 cm³/mol. The van der Waals surface area contributed by atoms with Crippen molar-refractivity contribution >= 4 is 6.08 Å². The van der Waals surface area contributed by atoms with Gasteiger partial charge in [0.05, 0.1) is 5.69 Å². The Labute approximate surface area is 86.0 Å². The lowest BCUT2D eigenvalue weighted by molar-refractivity contribution is 0.509. The second-order valence-electron chi connectivity index (χ2n) is 3.73. The first-order chi connectivity index (χ1) is 6.69. The molecule has 0 aromatic carbocycles. The van der Waals surface area contributed by atoms with Crippen molar-refractivity contribution in [3.05, 3.63) is 23.4 Å². The Bertz CT molecular complexity index is 312. The van der Waals surface area contributed by atoms with Crippen LogP contribution in [-0.2, 0) is 0 Å². The molecular weight excluding hydrogens is 174 g/mol. The first-order valence-electron chi connectivity index (χ1n) is 5.32. The van der Waals surface area contributed by atoms with E-state index in [2.05, 4.69) is 31.8 Å². The summed E-state index contributed by atoms with van der Waals surface area (Å²) in [6.07, 6.45) is 6.48. The van der Waals surface area contributed by atoms with E-state index in [0.717, 1.165) is 23.8 Å². The van der Waals surface area contributed by atoms with Crippen LogP contribution in [0.25, 0.3) is 6.08 Å². The van der Waals surface area contributed by atoms with Gasteiger partial charge in [0, 0.05) is 12.8 Å². The summed E-state index contributed by atoms with van der Waals surface area (Å²) < 4.78 is 5.38. The van der Waals surface area contributed by atoms with Gasteiger partial charge < -0.3 is 4.42 Å². The van der Waals surface area contributed by atoms with Crippen LogP contribution in [0.3, 0.4) is 0 Å². The van der Waals surface area contributed by atoms with Crippen molar-refractivity contribution in [2.24, 2.45) is 0 Å². The first kappa shape index (κ1) is 11.0. The van der Waals surface area contributed by atoms with Crippen LogP contribution in [0.4, 0.5) is 0 Å². The van der Waals surface area contributed by atoms with E-state index >= 15 is 0 Å². The smallest absolute Gasteiger partial charge is 0.192 e. The Kier molecular flexibility index (Phi) is 3.93. The number of aryl methyl sites for hydroxylation is 1. The Morgan fingerprint density at radius 2 is 2.14 bits per heavy atom. The molecule has 0 spiro atoms. The molecule has 0 saturated carbocycles. The molecule has 0 fully saturated rings. The van der Waals surface area contributed by atoms with E-state index in [0.29, 0.717) is 5.92 Å². The molecule has 0 aliphatic heterocycles. The van der Waals surface area contributed by atoms with Crippen LogP contribution in [0.15, 0.2) is 10.5 Å². The van der Waals surface area contributed by atoms with Crippen molar-refractivity contribution in [3.63, 3.8) is 0 Å². The van der Waals surface area contributed by atoms with Gasteiger partial charge in [0.15, 0.2) is 11.7 Å². The number of hydrogen-bond donors (Lipinski definition) is 0. The van der Waals surface area contributed by atoms with Gasteiger partial charge in [-0.2, -0.15) is 0 Å². The summed E-state index contributed by atoms with van der Waals surface area (Å²) in [6, 6.07) is 0. The van der Waals surface area contributed by atoms with Gasteiger partial charge in [-0.25, -0.2) is 4.98 Å². The van der Waals surface area contributed by atoms with Gasteiger partial charge in [0.2, 0.25) is 0 Å². The maximum atomic E-state index is 5.38. The topological polar surface area (TPSA) is 26.0 Å². The maximum Gasteiger partial charge on any atom is 0.192 e. The van der Waals surface area contributed by atoms with Gasteiger partial charge in [0.25, 0.3) is 0 Å². The van der Waals surface area contributed by atoms with Crippen molar-refractivity contribution in [1.82, 2.24) is 4.98 Å². The van der Waals surface area contributed by atoms with Gasteiger partial charge in [-0.1, -0.05) is 33.3 Å². The van der Waals surface area contributed by atoms with Crippen LogP contribution >= 0.6 is 0 Å². The normalized spacial score (nSPS) is 18.4.